The third-order valence-corrected chi connectivity index (χ3v) is 6.92. The highest BCUT2D eigenvalue weighted by molar-refractivity contribution is 7.25. The zero-order chi connectivity index (χ0) is 20.4. The Labute approximate surface area is 180 Å². The Hall–Kier alpha value is -4.03. The van der Waals surface area contributed by atoms with Gasteiger partial charge in [0, 0.05) is 72.1 Å². The van der Waals surface area contributed by atoms with Crippen LogP contribution in [0, 0.1) is 0 Å². The molecular formula is C25H13N5S. The Morgan fingerprint density at radius 2 is 1.32 bits per heavy atom. The van der Waals surface area contributed by atoms with E-state index in [1.807, 2.05) is 24.5 Å². The first kappa shape index (κ1) is 16.7. The van der Waals surface area contributed by atoms with Crippen LogP contribution in [-0.4, -0.2) is 25.1 Å². The molecule has 0 spiro atoms. The second-order valence-corrected chi connectivity index (χ2v) is 8.57. The summed E-state index contributed by atoms with van der Waals surface area (Å²) >= 11 is 1.80. The predicted molar refractivity (Wildman–Crippen MR) is 126 cm³/mol. The van der Waals surface area contributed by atoms with Crippen molar-refractivity contribution in [2.45, 2.75) is 0 Å². The van der Waals surface area contributed by atoms with E-state index in [0.717, 1.165) is 38.1 Å². The van der Waals surface area contributed by atoms with Crippen LogP contribution in [0.5, 0.6) is 0 Å². The summed E-state index contributed by atoms with van der Waals surface area (Å²) in [7, 11) is 0. The summed E-state index contributed by atoms with van der Waals surface area (Å²) in [6.45, 7) is 0. The lowest BCUT2D eigenvalue weighted by atomic mass is 10.0. The minimum Gasteiger partial charge on any atom is -0.264 e. The number of rotatable bonds is 1. The fourth-order valence-corrected chi connectivity index (χ4v) is 5.40. The van der Waals surface area contributed by atoms with E-state index in [0.29, 0.717) is 5.82 Å². The van der Waals surface area contributed by atoms with E-state index in [1.165, 1.54) is 20.2 Å². The number of thiophene rings is 1. The molecule has 3 aromatic carbocycles. The molecule has 0 radical (unpaired) electrons. The molecule has 0 atom stereocenters. The second kappa shape index (κ2) is 6.23. The standard InChI is InChI=1S/C25H13N5S/c1-2-4-21-15(3-1)18-11-14(5-6-22(18)31-21)25-28-23-16-7-9-26-12-19(16)20-13-27-10-8-17(20)24(23)29-30-25/h1-13H. The first-order chi connectivity index (χ1) is 15.4. The maximum atomic E-state index is 4.98. The number of pyridine rings is 2. The first-order valence-corrected chi connectivity index (χ1v) is 10.7. The topological polar surface area (TPSA) is 64.5 Å². The molecule has 0 aliphatic rings. The van der Waals surface area contributed by atoms with Crippen LogP contribution in [0.15, 0.2) is 79.4 Å². The van der Waals surface area contributed by atoms with E-state index in [2.05, 4.69) is 62.6 Å². The fourth-order valence-electron chi connectivity index (χ4n) is 4.31. The molecule has 0 saturated carbocycles. The van der Waals surface area contributed by atoms with Gasteiger partial charge in [-0.15, -0.1) is 21.5 Å². The number of benzene rings is 3. The molecular weight excluding hydrogens is 402 g/mol. The minimum absolute atomic E-state index is 0.621. The highest BCUT2D eigenvalue weighted by Crippen LogP contribution is 2.36. The SMILES string of the molecule is c1ccc2c(c1)sc1ccc(-c3nnc4c5ccncc5c5cnccc5c4n3)cc12. The summed E-state index contributed by atoms with van der Waals surface area (Å²) in [5, 5.41) is 15.6. The molecule has 4 heterocycles. The van der Waals surface area contributed by atoms with E-state index >= 15 is 0 Å². The molecule has 0 aliphatic carbocycles. The number of hydrogen-bond donors (Lipinski definition) is 0. The van der Waals surface area contributed by atoms with Crippen molar-refractivity contribution in [1.29, 1.82) is 0 Å². The molecule has 0 N–H and O–H groups in total. The van der Waals surface area contributed by atoms with Gasteiger partial charge in [-0.1, -0.05) is 18.2 Å². The number of fused-ring (bicyclic) bond motifs is 9. The number of aromatic nitrogens is 5. The molecule has 4 aromatic heterocycles. The molecule has 0 bridgehead atoms. The summed E-state index contributed by atoms with van der Waals surface area (Å²) in [4.78, 5) is 13.6. The van der Waals surface area contributed by atoms with E-state index < -0.39 is 0 Å². The Morgan fingerprint density at radius 1 is 0.581 bits per heavy atom. The van der Waals surface area contributed by atoms with E-state index in [-0.39, 0.29) is 0 Å². The Kier molecular flexibility index (Phi) is 3.36. The molecule has 0 saturated heterocycles. The Balaban J connectivity index is 1.54. The zero-order valence-electron chi connectivity index (χ0n) is 16.1. The maximum Gasteiger partial charge on any atom is 0.182 e. The van der Waals surface area contributed by atoms with Crippen LogP contribution in [0.25, 0.3) is 64.1 Å². The number of nitrogens with zero attached hydrogens (tertiary/aromatic N) is 5. The third kappa shape index (κ3) is 2.39. The van der Waals surface area contributed by atoms with Crippen molar-refractivity contribution in [1.82, 2.24) is 25.1 Å². The first-order valence-electron chi connectivity index (χ1n) is 9.92. The fraction of sp³-hybridized carbons (Fsp3) is 0. The lowest BCUT2D eigenvalue weighted by Crippen LogP contribution is -1.96. The van der Waals surface area contributed by atoms with Crippen molar-refractivity contribution < 1.29 is 0 Å². The summed E-state index contributed by atoms with van der Waals surface area (Å²) in [5.74, 6) is 0.621. The lowest BCUT2D eigenvalue weighted by molar-refractivity contribution is 1.04. The molecule has 31 heavy (non-hydrogen) atoms. The molecule has 0 aliphatic heterocycles. The molecule has 0 amide bonds. The number of hydrogen-bond acceptors (Lipinski definition) is 6. The summed E-state index contributed by atoms with van der Waals surface area (Å²) < 4.78 is 2.54. The van der Waals surface area contributed by atoms with Crippen molar-refractivity contribution in [3.63, 3.8) is 0 Å². The van der Waals surface area contributed by atoms with E-state index in [4.69, 9.17) is 4.98 Å². The summed E-state index contributed by atoms with van der Waals surface area (Å²) in [6, 6.07) is 18.8. The quantitative estimate of drug-likeness (QED) is 0.301. The van der Waals surface area contributed by atoms with Gasteiger partial charge in [-0.25, -0.2) is 4.98 Å². The van der Waals surface area contributed by atoms with Crippen molar-refractivity contribution >= 4 is 64.1 Å². The van der Waals surface area contributed by atoms with Gasteiger partial charge in [0.05, 0.1) is 0 Å². The van der Waals surface area contributed by atoms with Crippen LogP contribution in [0.2, 0.25) is 0 Å². The van der Waals surface area contributed by atoms with Gasteiger partial charge >= 0.3 is 0 Å². The van der Waals surface area contributed by atoms with Crippen LogP contribution < -0.4 is 0 Å². The highest BCUT2D eigenvalue weighted by atomic mass is 32.1. The molecule has 0 unspecified atom stereocenters. The third-order valence-electron chi connectivity index (χ3n) is 5.76. The normalized spacial score (nSPS) is 11.9. The van der Waals surface area contributed by atoms with Gasteiger partial charge in [0.15, 0.2) is 5.82 Å². The molecule has 7 rings (SSSR count). The summed E-state index contributed by atoms with van der Waals surface area (Å²) in [6.07, 6.45) is 7.28. The van der Waals surface area contributed by atoms with Crippen LogP contribution in [0.3, 0.4) is 0 Å². The second-order valence-electron chi connectivity index (χ2n) is 7.48. The smallest absolute Gasteiger partial charge is 0.182 e. The largest absolute Gasteiger partial charge is 0.264 e. The average molecular weight is 415 g/mol. The van der Waals surface area contributed by atoms with Crippen molar-refractivity contribution in [3.05, 3.63) is 79.4 Å². The van der Waals surface area contributed by atoms with Gasteiger partial charge in [0.1, 0.15) is 11.0 Å². The Bertz CT molecular complexity index is 1770. The van der Waals surface area contributed by atoms with Gasteiger partial charge in [-0.2, -0.15) is 0 Å². The van der Waals surface area contributed by atoms with Crippen molar-refractivity contribution in [3.8, 4) is 11.4 Å². The molecule has 7 aromatic rings. The van der Waals surface area contributed by atoms with Crippen molar-refractivity contribution in [2.24, 2.45) is 0 Å². The molecule has 6 heteroatoms. The van der Waals surface area contributed by atoms with Crippen molar-refractivity contribution in [2.75, 3.05) is 0 Å². The van der Waals surface area contributed by atoms with Crippen LogP contribution in [0.1, 0.15) is 0 Å². The molecule has 144 valence electrons. The monoisotopic (exact) mass is 415 g/mol. The average Bonchev–Trinajstić information content (AvgIpc) is 3.22. The minimum atomic E-state index is 0.621. The molecule has 5 nitrogen and oxygen atoms in total. The van der Waals surface area contributed by atoms with Crippen LogP contribution >= 0.6 is 11.3 Å². The van der Waals surface area contributed by atoms with Crippen LogP contribution in [0.4, 0.5) is 0 Å². The lowest BCUT2D eigenvalue weighted by Gasteiger charge is -2.08. The predicted octanol–water partition coefficient (Wildman–Crippen LogP) is 6.16. The van der Waals surface area contributed by atoms with E-state index in [9.17, 15) is 0 Å². The van der Waals surface area contributed by atoms with Gasteiger partial charge in [0.25, 0.3) is 0 Å². The van der Waals surface area contributed by atoms with Crippen LogP contribution in [-0.2, 0) is 0 Å². The van der Waals surface area contributed by atoms with Gasteiger partial charge < -0.3 is 0 Å². The Morgan fingerprint density at radius 3 is 2.16 bits per heavy atom. The summed E-state index contributed by atoms with van der Waals surface area (Å²) in [5.41, 5.74) is 2.57. The van der Waals surface area contributed by atoms with Gasteiger partial charge in [-0.05, 0) is 36.4 Å². The van der Waals surface area contributed by atoms with E-state index in [1.54, 1.807) is 23.7 Å². The van der Waals surface area contributed by atoms with Gasteiger partial charge in [0.2, 0.25) is 0 Å². The van der Waals surface area contributed by atoms with Gasteiger partial charge in [-0.3, -0.25) is 9.97 Å². The molecule has 0 fully saturated rings. The zero-order valence-corrected chi connectivity index (χ0v) is 17.0. The highest BCUT2D eigenvalue weighted by Gasteiger charge is 2.14. The maximum absolute atomic E-state index is 4.98.